The van der Waals surface area contributed by atoms with E-state index in [1.165, 1.54) is 18.0 Å². The maximum absolute atomic E-state index is 12.1. The van der Waals surface area contributed by atoms with Crippen LogP contribution in [0.2, 0.25) is 0 Å². The summed E-state index contributed by atoms with van der Waals surface area (Å²) in [4.78, 5) is 27.7. The molecule has 2 rings (SSSR count). The van der Waals surface area contributed by atoms with Gasteiger partial charge in [0.1, 0.15) is 6.61 Å². The number of ether oxygens (including phenoxy) is 2. The van der Waals surface area contributed by atoms with Gasteiger partial charge in [0.05, 0.1) is 23.8 Å². The quantitative estimate of drug-likeness (QED) is 0.800. The molecule has 0 unspecified atom stereocenters. The molecule has 126 valence electrons. The van der Waals surface area contributed by atoms with E-state index in [9.17, 15) is 9.59 Å². The predicted octanol–water partition coefficient (Wildman–Crippen LogP) is 2.04. The van der Waals surface area contributed by atoms with Crippen LogP contribution in [-0.2, 0) is 9.53 Å². The zero-order chi connectivity index (χ0) is 16.9. The number of amides is 1. The minimum absolute atomic E-state index is 0.0186. The molecule has 1 aliphatic heterocycles. The standard InChI is InChI=1S/C16H22N2O4S/c1-16(2,3)22-8-7-21-13-5-4-11(10-17-13)14(19)18-12-6-9-23-15(12)20/h4-5,10,12H,6-9H2,1-3H3,(H,18,19)/t12-/m0/s1. The lowest BCUT2D eigenvalue weighted by molar-refractivity contribution is -0.112. The molecule has 0 spiro atoms. The zero-order valence-electron chi connectivity index (χ0n) is 13.6. The first-order chi connectivity index (χ1) is 10.8. The highest BCUT2D eigenvalue weighted by atomic mass is 32.2. The number of aromatic nitrogens is 1. The van der Waals surface area contributed by atoms with Crippen molar-refractivity contribution in [2.45, 2.75) is 38.8 Å². The molecule has 7 heteroatoms. The maximum atomic E-state index is 12.1. The Labute approximate surface area is 140 Å². The molecule has 1 aromatic rings. The number of hydrogen-bond acceptors (Lipinski definition) is 6. The van der Waals surface area contributed by atoms with Crippen LogP contribution in [0.4, 0.5) is 0 Å². The number of hydrogen-bond donors (Lipinski definition) is 1. The molecule has 6 nitrogen and oxygen atoms in total. The number of carbonyl (C=O) groups is 2. The maximum Gasteiger partial charge on any atom is 0.253 e. The van der Waals surface area contributed by atoms with Crippen LogP contribution in [0, 0.1) is 0 Å². The van der Waals surface area contributed by atoms with E-state index in [1.807, 2.05) is 20.8 Å². The molecule has 2 heterocycles. The van der Waals surface area contributed by atoms with Gasteiger partial charge < -0.3 is 14.8 Å². The first kappa shape index (κ1) is 17.7. The third-order valence-electron chi connectivity index (χ3n) is 3.11. The van der Waals surface area contributed by atoms with Gasteiger partial charge in [-0.1, -0.05) is 11.8 Å². The fraction of sp³-hybridized carbons (Fsp3) is 0.562. The van der Waals surface area contributed by atoms with Gasteiger partial charge >= 0.3 is 0 Å². The number of rotatable bonds is 6. The Morgan fingerprint density at radius 3 is 2.74 bits per heavy atom. The number of thioether (sulfide) groups is 1. The van der Waals surface area contributed by atoms with Gasteiger partial charge in [-0.3, -0.25) is 9.59 Å². The van der Waals surface area contributed by atoms with Crippen molar-refractivity contribution in [1.82, 2.24) is 10.3 Å². The number of nitrogens with zero attached hydrogens (tertiary/aromatic N) is 1. The predicted molar refractivity (Wildman–Crippen MR) is 88.8 cm³/mol. The zero-order valence-corrected chi connectivity index (χ0v) is 14.4. The average Bonchev–Trinajstić information content (AvgIpc) is 2.88. The molecule has 0 bridgehead atoms. The van der Waals surface area contributed by atoms with Gasteiger partial charge in [-0.25, -0.2) is 4.98 Å². The molecular formula is C16H22N2O4S. The average molecular weight is 338 g/mol. The summed E-state index contributed by atoms with van der Waals surface area (Å²) in [5, 5.41) is 2.74. The second-order valence-corrected chi connectivity index (χ2v) is 7.28. The van der Waals surface area contributed by atoms with Crippen LogP contribution in [0.3, 0.4) is 0 Å². The van der Waals surface area contributed by atoms with Crippen molar-refractivity contribution in [2.75, 3.05) is 19.0 Å². The largest absolute Gasteiger partial charge is 0.475 e. The lowest BCUT2D eigenvalue weighted by atomic mass is 10.2. The normalized spacial score (nSPS) is 18.0. The molecule has 1 saturated heterocycles. The molecule has 1 N–H and O–H groups in total. The molecular weight excluding hydrogens is 316 g/mol. The van der Waals surface area contributed by atoms with E-state index in [0.717, 1.165) is 5.75 Å². The van der Waals surface area contributed by atoms with Crippen LogP contribution in [0.15, 0.2) is 18.3 Å². The molecule has 1 atom stereocenters. The molecule has 1 aliphatic rings. The number of carbonyl (C=O) groups excluding carboxylic acids is 2. The van der Waals surface area contributed by atoms with Crippen molar-refractivity contribution in [3.05, 3.63) is 23.9 Å². The van der Waals surface area contributed by atoms with Crippen molar-refractivity contribution < 1.29 is 19.1 Å². The van der Waals surface area contributed by atoms with E-state index in [-0.39, 0.29) is 16.6 Å². The summed E-state index contributed by atoms with van der Waals surface area (Å²) >= 11 is 1.26. The monoisotopic (exact) mass is 338 g/mol. The summed E-state index contributed by atoms with van der Waals surface area (Å²) in [6.07, 6.45) is 2.12. The summed E-state index contributed by atoms with van der Waals surface area (Å²) in [7, 11) is 0. The Balaban J connectivity index is 1.79. The van der Waals surface area contributed by atoms with Crippen LogP contribution in [0.25, 0.3) is 0 Å². The van der Waals surface area contributed by atoms with Gasteiger partial charge in [-0.15, -0.1) is 0 Å². The summed E-state index contributed by atoms with van der Waals surface area (Å²) in [6, 6.07) is 2.88. The molecule has 23 heavy (non-hydrogen) atoms. The van der Waals surface area contributed by atoms with Crippen molar-refractivity contribution >= 4 is 22.8 Å². The van der Waals surface area contributed by atoms with Gasteiger partial charge in [0, 0.05) is 18.0 Å². The van der Waals surface area contributed by atoms with Crippen LogP contribution >= 0.6 is 11.8 Å². The van der Waals surface area contributed by atoms with E-state index >= 15 is 0 Å². The molecule has 0 saturated carbocycles. The minimum Gasteiger partial charge on any atom is -0.475 e. The third kappa shape index (κ3) is 5.84. The SMILES string of the molecule is CC(C)(C)OCCOc1ccc(C(=O)N[C@H]2CCSC2=O)cn1. The Morgan fingerprint density at radius 1 is 1.39 bits per heavy atom. The summed E-state index contributed by atoms with van der Waals surface area (Å²) in [5.74, 6) is 0.901. The fourth-order valence-electron chi connectivity index (χ4n) is 1.96. The molecule has 0 aliphatic carbocycles. The van der Waals surface area contributed by atoms with Crippen molar-refractivity contribution in [3.63, 3.8) is 0 Å². The first-order valence-corrected chi connectivity index (χ1v) is 8.54. The molecule has 1 amide bonds. The second-order valence-electron chi connectivity index (χ2n) is 6.18. The Hall–Kier alpha value is -1.60. The summed E-state index contributed by atoms with van der Waals surface area (Å²) in [6.45, 7) is 6.79. The van der Waals surface area contributed by atoms with Gasteiger partial charge in [0.2, 0.25) is 11.0 Å². The van der Waals surface area contributed by atoms with Crippen LogP contribution in [-0.4, -0.2) is 46.6 Å². The van der Waals surface area contributed by atoms with Crippen LogP contribution < -0.4 is 10.1 Å². The van der Waals surface area contributed by atoms with Crippen molar-refractivity contribution in [3.8, 4) is 5.88 Å². The number of nitrogens with one attached hydrogen (secondary N) is 1. The van der Waals surface area contributed by atoms with E-state index in [2.05, 4.69) is 10.3 Å². The van der Waals surface area contributed by atoms with Crippen LogP contribution in [0.5, 0.6) is 5.88 Å². The van der Waals surface area contributed by atoms with E-state index in [1.54, 1.807) is 12.1 Å². The molecule has 0 radical (unpaired) electrons. The first-order valence-electron chi connectivity index (χ1n) is 7.55. The topological polar surface area (TPSA) is 77.5 Å². The van der Waals surface area contributed by atoms with Gasteiger partial charge in [-0.2, -0.15) is 0 Å². The highest BCUT2D eigenvalue weighted by molar-refractivity contribution is 8.14. The van der Waals surface area contributed by atoms with E-state index in [0.29, 0.717) is 31.1 Å². The lowest BCUT2D eigenvalue weighted by Crippen LogP contribution is -2.37. The number of pyridine rings is 1. The van der Waals surface area contributed by atoms with Gasteiger partial charge in [0.15, 0.2) is 0 Å². The highest BCUT2D eigenvalue weighted by Gasteiger charge is 2.27. The van der Waals surface area contributed by atoms with Crippen LogP contribution in [0.1, 0.15) is 37.6 Å². The fourth-order valence-corrected chi connectivity index (χ4v) is 2.90. The van der Waals surface area contributed by atoms with Gasteiger partial charge in [0.25, 0.3) is 5.91 Å². The lowest BCUT2D eigenvalue weighted by Gasteiger charge is -2.19. The Morgan fingerprint density at radius 2 is 2.17 bits per heavy atom. The smallest absolute Gasteiger partial charge is 0.253 e. The van der Waals surface area contributed by atoms with Crippen molar-refractivity contribution in [2.24, 2.45) is 0 Å². The molecule has 0 aromatic carbocycles. The van der Waals surface area contributed by atoms with Gasteiger partial charge in [-0.05, 0) is 33.3 Å². The minimum atomic E-state index is -0.391. The second kappa shape index (κ2) is 7.79. The Bertz CT molecular complexity index is 554. The molecule has 1 aromatic heterocycles. The third-order valence-corrected chi connectivity index (χ3v) is 4.12. The summed E-state index contributed by atoms with van der Waals surface area (Å²) < 4.78 is 11.0. The highest BCUT2D eigenvalue weighted by Crippen LogP contribution is 2.20. The Kier molecular flexibility index (Phi) is 6.01. The summed E-state index contributed by atoms with van der Waals surface area (Å²) in [5.41, 5.74) is 0.210. The van der Waals surface area contributed by atoms with E-state index < -0.39 is 6.04 Å². The molecule has 1 fully saturated rings. The van der Waals surface area contributed by atoms with Crippen molar-refractivity contribution in [1.29, 1.82) is 0 Å². The van der Waals surface area contributed by atoms with E-state index in [4.69, 9.17) is 9.47 Å².